The van der Waals surface area contributed by atoms with E-state index >= 15 is 0 Å². The van der Waals surface area contributed by atoms with E-state index < -0.39 is 5.54 Å². The maximum Gasteiger partial charge on any atom is 0.247 e. The summed E-state index contributed by atoms with van der Waals surface area (Å²) in [4.78, 5) is 33.0. The molecule has 3 aliphatic rings. The SMILES string of the molecule is CC1CC1C(=O)N1CCC2(CC1)C(=O)N(c1cnn(C)c1)CCN2Cc1ccccc1. The molecule has 0 bridgehead atoms. The number of aromatic nitrogens is 2. The molecule has 7 heteroatoms. The summed E-state index contributed by atoms with van der Waals surface area (Å²) in [7, 11) is 1.87. The fraction of sp³-hybridized carbons (Fsp3) is 0.542. The highest BCUT2D eigenvalue weighted by Gasteiger charge is 2.52. The molecule has 0 N–H and O–H groups in total. The van der Waals surface area contributed by atoms with Crippen molar-refractivity contribution >= 4 is 17.5 Å². The van der Waals surface area contributed by atoms with Crippen LogP contribution in [0.2, 0.25) is 0 Å². The number of nitrogens with zero attached hydrogens (tertiary/aromatic N) is 5. The molecular formula is C24H31N5O2. The van der Waals surface area contributed by atoms with Crippen molar-refractivity contribution in [2.75, 3.05) is 31.1 Å². The zero-order valence-corrected chi connectivity index (χ0v) is 18.4. The summed E-state index contributed by atoms with van der Waals surface area (Å²) in [5, 5.41) is 4.27. The van der Waals surface area contributed by atoms with E-state index in [4.69, 9.17) is 0 Å². The summed E-state index contributed by atoms with van der Waals surface area (Å²) in [5.41, 5.74) is 1.50. The Balaban J connectivity index is 1.40. The first-order valence-corrected chi connectivity index (χ1v) is 11.4. The average molecular weight is 422 g/mol. The lowest BCUT2D eigenvalue weighted by molar-refractivity contribution is -0.145. The lowest BCUT2D eigenvalue weighted by Crippen LogP contribution is -2.69. The first-order chi connectivity index (χ1) is 15.0. The molecular weight excluding hydrogens is 390 g/mol. The van der Waals surface area contributed by atoms with E-state index in [1.54, 1.807) is 10.9 Å². The largest absolute Gasteiger partial charge is 0.342 e. The Kier molecular flexibility index (Phi) is 5.08. The molecule has 1 aliphatic carbocycles. The van der Waals surface area contributed by atoms with Crippen LogP contribution < -0.4 is 4.90 Å². The molecule has 2 amide bonds. The predicted octanol–water partition coefficient (Wildman–Crippen LogP) is 2.29. The van der Waals surface area contributed by atoms with E-state index in [1.807, 2.05) is 41.2 Å². The third-order valence-corrected chi connectivity index (χ3v) is 7.39. The Morgan fingerprint density at radius 3 is 2.45 bits per heavy atom. The van der Waals surface area contributed by atoms with Gasteiger partial charge in [0.1, 0.15) is 5.54 Å². The van der Waals surface area contributed by atoms with Crippen molar-refractivity contribution in [3.05, 3.63) is 48.3 Å². The molecule has 1 aromatic heterocycles. The maximum absolute atomic E-state index is 13.9. The Morgan fingerprint density at radius 2 is 1.84 bits per heavy atom. The van der Waals surface area contributed by atoms with Gasteiger partial charge in [0.2, 0.25) is 11.8 Å². The zero-order valence-electron chi connectivity index (χ0n) is 18.4. The highest BCUT2D eigenvalue weighted by atomic mass is 16.2. The Bertz CT molecular complexity index is 963. The molecule has 2 saturated heterocycles. The van der Waals surface area contributed by atoms with Gasteiger partial charge in [0.15, 0.2) is 0 Å². The Hall–Kier alpha value is -2.67. The maximum atomic E-state index is 13.9. The number of amides is 2. The van der Waals surface area contributed by atoms with Crippen LogP contribution in [0.4, 0.5) is 5.69 Å². The topological polar surface area (TPSA) is 61.7 Å². The molecule has 31 heavy (non-hydrogen) atoms. The number of rotatable bonds is 4. The second-order valence-electron chi connectivity index (χ2n) is 9.41. The van der Waals surface area contributed by atoms with Crippen LogP contribution in [0.15, 0.2) is 42.7 Å². The van der Waals surface area contributed by atoms with E-state index in [-0.39, 0.29) is 17.7 Å². The summed E-state index contributed by atoms with van der Waals surface area (Å²) in [6, 6.07) is 10.4. The highest BCUT2D eigenvalue weighted by Crippen LogP contribution is 2.42. The lowest BCUT2D eigenvalue weighted by Gasteiger charge is -2.52. The van der Waals surface area contributed by atoms with Crippen molar-refractivity contribution in [3.8, 4) is 0 Å². The molecule has 7 nitrogen and oxygen atoms in total. The summed E-state index contributed by atoms with van der Waals surface area (Å²) in [6.07, 6.45) is 6.05. The minimum absolute atomic E-state index is 0.148. The number of likely N-dealkylation sites (tertiary alicyclic amines) is 1. The molecule has 2 atom stereocenters. The number of anilines is 1. The van der Waals surface area contributed by atoms with Crippen LogP contribution in [-0.4, -0.2) is 63.1 Å². The van der Waals surface area contributed by atoms with Gasteiger partial charge in [-0.1, -0.05) is 37.3 Å². The second-order valence-corrected chi connectivity index (χ2v) is 9.41. The minimum Gasteiger partial charge on any atom is -0.342 e. The molecule has 3 heterocycles. The molecule has 3 fully saturated rings. The van der Waals surface area contributed by atoms with Crippen molar-refractivity contribution in [3.63, 3.8) is 0 Å². The van der Waals surface area contributed by atoms with Crippen molar-refractivity contribution < 1.29 is 9.59 Å². The van der Waals surface area contributed by atoms with E-state index in [9.17, 15) is 9.59 Å². The second kappa shape index (κ2) is 7.79. The summed E-state index contributed by atoms with van der Waals surface area (Å²) in [6.45, 7) is 5.66. The highest BCUT2D eigenvalue weighted by molar-refractivity contribution is 6.01. The average Bonchev–Trinajstić information content (AvgIpc) is 3.36. The smallest absolute Gasteiger partial charge is 0.247 e. The van der Waals surface area contributed by atoms with Crippen molar-refractivity contribution in [1.82, 2.24) is 19.6 Å². The van der Waals surface area contributed by atoms with Crippen molar-refractivity contribution in [2.45, 2.75) is 38.3 Å². The quantitative estimate of drug-likeness (QED) is 0.760. The van der Waals surface area contributed by atoms with Gasteiger partial charge in [-0.15, -0.1) is 0 Å². The first-order valence-electron chi connectivity index (χ1n) is 11.4. The number of aryl methyl sites for hydroxylation is 1. The first kappa shape index (κ1) is 20.2. The van der Waals surface area contributed by atoms with E-state index in [0.29, 0.717) is 38.4 Å². The van der Waals surface area contributed by atoms with Crippen LogP contribution >= 0.6 is 0 Å². The van der Waals surface area contributed by atoms with Gasteiger partial charge in [-0.25, -0.2) is 0 Å². The van der Waals surface area contributed by atoms with Crippen LogP contribution in [0.1, 0.15) is 31.7 Å². The summed E-state index contributed by atoms with van der Waals surface area (Å²) >= 11 is 0. The van der Waals surface area contributed by atoms with Gasteiger partial charge >= 0.3 is 0 Å². The van der Waals surface area contributed by atoms with Crippen LogP contribution in [-0.2, 0) is 23.2 Å². The fourth-order valence-electron chi connectivity index (χ4n) is 5.28. The van der Waals surface area contributed by atoms with Crippen LogP contribution in [0, 0.1) is 11.8 Å². The molecule has 0 radical (unpaired) electrons. The number of carbonyl (C=O) groups is 2. The van der Waals surface area contributed by atoms with Crippen molar-refractivity contribution in [1.29, 1.82) is 0 Å². The number of hydrogen-bond acceptors (Lipinski definition) is 4. The molecule has 5 rings (SSSR count). The van der Waals surface area contributed by atoms with Crippen molar-refractivity contribution in [2.24, 2.45) is 18.9 Å². The molecule has 164 valence electrons. The van der Waals surface area contributed by atoms with Crippen LogP contribution in [0.3, 0.4) is 0 Å². The Labute approximate surface area is 183 Å². The normalized spacial score (nSPS) is 25.8. The van der Waals surface area contributed by atoms with Gasteiger partial charge in [-0.2, -0.15) is 5.10 Å². The molecule has 2 aromatic rings. The minimum atomic E-state index is -0.574. The molecule has 2 unspecified atom stereocenters. The van der Waals surface area contributed by atoms with Gasteiger partial charge in [0.25, 0.3) is 0 Å². The van der Waals surface area contributed by atoms with Crippen LogP contribution in [0.5, 0.6) is 0 Å². The third-order valence-electron chi connectivity index (χ3n) is 7.39. The zero-order chi connectivity index (χ0) is 21.6. The van der Waals surface area contributed by atoms with E-state index in [1.165, 1.54) is 5.56 Å². The van der Waals surface area contributed by atoms with Gasteiger partial charge in [-0.05, 0) is 30.7 Å². The van der Waals surface area contributed by atoms with E-state index in [2.05, 4.69) is 29.1 Å². The molecule has 1 saturated carbocycles. The number of carbonyl (C=O) groups excluding carboxylic acids is 2. The standard InChI is InChI=1S/C24H31N5O2/c1-18-14-21(18)22(30)27-10-8-24(9-11-27)23(31)29(20-15-25-26(2)17-20)13-12-28(24)16-19-6-4-3-5-7-19/h3-7,15,17-18,21H,8-14,16H2,1-2H3. The molecule has 1 spiro atoms. The Morgan fingerprint density at radius 1 is 1.13 bits per heavy atom. The number of hydrogen-bond donors (Lipinski definition) is 0. The molecule has 1 aromatic carbocycles. The number of benzene rings is 1. The lowest BCUT2D eigenvalue weighted by atomic mass is 9.81. The summed E-state index contributed by atoms with van der Waals surface area (Å²) in [5.74, 6) is 1.14. The number of piperazine rings is 1. The van der Waals surface area contributed by atoms with E-state index in [0.717, 1.165) is 25.2 Å². The van der Waals surface area contributed by atoms with Gasteiger partial charge in [0, 0.05) is 51.9 Å². The van der Waals surface area contributed by atoms with Gasteiger partial charge < -0.3 is 9.80 Å². The number of piperidine rings is 1. The van der Waals surface area contributed by atoms with Crippen LogP contribution in [0.25, 0.3) is 0 Å². The summed E-state index contributed by atoms with van der Waals surface area (Å²) < 4.78 is 1.74. The molecule has 2 aliphatic heterocycles. The van der Waals surface area contributed by atoms with Gasteiger partial charge in [-0.3, -0.25) is 19.2 Å². The monoisotopic (exact) mass is 421 g/mol. The third kappa shape index (κ3) is 3.65. The fourth-order valence-corrected chi connectivity index (χ4v) is 5.28. The van der Waals surface area contributed by atoms with Gasteiger partial charge in [0.05, 0.1) is 11.9 Å². The predicted molar refractivity (Wildman–Crippen MR) is 118 cm³/mol.